The highest BCUT2D eigenvalue weighted by Gasteiger charge is 2.39. The molecule has 3 fully saturated rings. The van der Waals surface area contributed by atoms with Gasteiger partial charge in [-0.05, 0) is 49.9 Å². The third-order valence-electron chi connectivity index (χ3n) is 6.91. The van der Waals surface area contributed by atoms with E-state index in [9.17, 15) is 4.79 Å². The van der Waals surface area contributed by atoms with E-state index in [0.717, 1.165) is 56.2 Å². The standard InChI is InChI=1S/C23H29N5O/c1-26-10-12-27(13-11-26)21-8-7-17(14-25-21)20-6-3-9-24-22(20)23(29)28-15-18-4-2-5-19(18)16-28/h3,6-9,14,18-19H,2,4-5,10-13,15-16H2,1H3. The lowest BCUT2D eigenvalue weighted by Crippen LogP contribution is -2.44. The van der Waals surface area contributed by atoms with E-state index < -0.39 is 0 Å². The first-order chi connectivity index (χ1) is 14.2. The van der Waals surface area contributed by atoms with Crippen LogP contribution in [0.25, 0.3) is 11.1 Å². The number of likely N-dealkylation sites (tertiary alicyclic amines) is 1. The Kier molecular flexibility index (Phi) is 4.96. The third kappa shape index (κ3) is 3.62. The number of nitrogens with zero attached hydrogens (tertiary/aromatic N) is 5. The second kappa shape index (κ2) is 7.75. The zero-order valence-electron chi connectivity index (χ0n) is 17.1. The normalized spacial score (nSPS) is 24.7. The minimum atomic E-state index is 0.0677. The SMILES string of the molecule is CN1CCN(c2ccc(-c3cccnc3C(=O)N3CC4CCCC4C3)cn2)CC1. The van der Waals surface area contributed by atoms with Gasteiger partial charge in [-0.25, -0.2) is 4.98 Å². The average Bonchev–Trinajstić information content (AvgIpc) is 3.36. The number of anilines is 1. The van der Waals surface area contributed by atoms with Gasteiger partial charge in [-0.1, -0.05) is 12.5 Å². The highest BCUT2D eigenvalue weighted by molar-refractivity contribution is 5.99. The van der Waals surface area contributed by atoms with E-state index in [1.807, 2.05) is 23.2 Å². The largest absolute Gasteiger partial charge is 0.354 e. The molecule has 0 radical (unpaired) electrons. The van der Waals surface area contributed by atoms with E-state index in [-0.39, 0.29) is 5.91 Å². The van der Waals surface area contributed by atoms with Crippen molar-refractivity contribution in [2.75, 3.05) is 51.2 Å². The number of likely N-dealkylation sites (N-methyl/N-ethyl adjacent to an activating group) is 1. The average molecular weight is 392 g/mol. The molecule has 2 aliphatic heterocycles. The summed E-state index contributed by atoms with van der Waals surface area (Å²) in [6, 6.07) is 8.04. The number of piperazine rings is 1. The predicted octanol–water partition coefficient (Wildman–Crippen LogP) is 2.77. The highest BCUT2D eigenvalue weighted by atomic mass is 16.2. The molecule has 1 aliphatic carbocycles. The van der Waals surface area contributed by atoms with Crippen LogP contribution in [-0.2, 0) is 0 Å². The van der Waals surface area contributed by atoms with Gasteiger partial charge in [0.15, 0.2) is 0 Å². The molecular weight excluding hydrogens is 362 g/mol. The fourth-order valence-electron chi connectivity index (χ4n) is 5.13. The lowest BCUT2D eigenvalue weighted by molar-refractivity contribution is 0.0775. The summed E-state index contributed by atoms with van der Waals surface area (Å²) < 4.78 is 0. The molecule has 2 atom stereocenters. The first-order valence-corrected chi connectivity index (χ1v) is 10.8. The Morgan fingerprint density at radius 2 is 1.76 bits per heavy atom. The molecular formula is C23H29N5O. The molecule has 5 rings (SSSR count). The number of rotatable bonds is 3. The maximum Gasteiger partial charge on any atom is 0.273 e. The zero-order valence-corrected chi connectivity index (χ0v) is 17.1. The molecule has 0 aromatic carbocycles. The summed E-state index contributed by atoms with van der Waals surface area (Å²) in [7, 11) is 2.16. The molecule has 152 valence electrons. The van der Waals surface area contributed by atoms with Crippen molar-refractivity contribution in [1.29, 1.82) is 0 Å². The van der Waals surface area contributed by atoms with Gasteiger partial charge in [0.05, 0.1) is 0 Å². The number of aromatic nitrogens is 2. The number of hydrogen-bond acceptors (Lipinski definition) is 5. The Morgan fingerprint density at radius 1 is 1.00 bits per heavy atom. The van der Waals surface area contributed by atoms with Crippen LogP contribution in [0, 0.1) is 11.8 Å². The van der Waals surface area contributed by atoms with Crippen molar-refractivity contribution in [3.63, 3.8) is 0 Å². The number of amides is 1. The Labute approximate surface area is 172 Å². The van der Waals surface area contributed by atoms with Gasteiger partial charge in [0, 0.05) is 62.8 Å². The van der Waals surface area contributed by atoms with Crippen LogP contribution in [0.3, 0.4) is 0 Å². The third-order valence-corrected chi connectivity index (χ3v) is 6.91. The quantitative estimate of drug-likeness (QED) is 0.805. The van der Waals surface area contributed by atoms with Crippen LogP contribution in [0.4, 0.5) is 5.82 Å². The van der Waals surface area contributed by atoms with E-state index in [2.05, 4.69) is 34.0 Å². The van der Waals surface area contributed by atoms with Crippen LogP contribution >= 0.6 is 0 Å². The lowest BCUT2D eigenvalue weighted by Gasteiger charge is -2.33. The summed E-state index contributed by atoms with van der Waals surface area (Å²) in [4.78, 5) is 29.1. The summed E-state index contributed by atoms with van der Waals surface area (Å²) in [5.74, 6) is 2.45. The minimum absolute atomic E-state index is 0.0677. The van der Waals surface area contributed by atoms with Crippen LogP contribution in [0.2, 0.25) is 0 Å². The van der Waals surface area contributed by atoms with Crippen molar-refractivity contribution in [1.82, 2.24) is 19.8 Å². The molecule has 0 N–H and O–H groups in total. The zero-order chi connectivity index (χ0) is 19.8. The summed E-state index contributed by atoms with van der Waals surface area (Å²) >= 11 is 0. The Bertz CT molecular complexity index is 863. The summed E-state index contributed by atoms with van der Waals surface area (Å²) in [5, 5.41) is 0. The van der Waals surface area contributed by atoms with Gasteiger partial charge < -0.3 is 14.7 Å². The monoisotopic (exact) mass is 391 g/mol. The van der Waals surface area contributed by atoms with Crippen molar-refractivity contribution in [2.24, 2.45) is 11.8 Å². The van der Waals surface area contributed by atoms with Crippen LogP contribution in [0.15, 0.2) is 36.7 Å². The number of fused-ring (bicyclic) bond motifs is 1. The smallest absolute Gasteiger partial charge is 0.273 e. The second-order valence-corrected chi connectivity index (χ2v) is 8.76. The summed E-state index contributed by atoms with van der Waals surface area (Å²) in [5.41, 5.74) is 2.40. The van der Waals surface area contributed by atoms with Crippen LogP contribution in [0.5, 0.6) is 0 Å². The highest BCUT2D eigenvalue weighted by Crippen LogP contribution is 2.38. The molecule has 1 saturated carbocycles. The minimum Gasteiger partial charge on any atom is -0.354 e. The molecule has 0 spiro atoms. The lowest BCUT2D eigenvalue weighted by atomic mass is 10.0. The molecule has 4 heterocycles. The number of carbonyl (C=O) groups excluding carboxylic acids is 1. The summed E-state index contributed by atoms with van der Waals surface area (Å²) in [6.07, 6.45) is 7.46. The number of pyridine rings is 2. The van der Waals surface area contributed by atoms with E-state index in [4.69, 9.17) is 4.98 Å². The molecule has 2 aromatic heterocycles. The van der Waals surface area contributed by atoms with E-state index in [0.29, 0.717) is 17.5 Å². The van der Waals surface area contributed by atoms with Crippen molar-refractivity contribution >= 4 is 11.7 Å². The van der Waals surface area contributed by atoms with Gasteiger partial charge in [0.2, 0.25) is 0 Å². The van der Waals surface area contributed by atoms with Gasteiger partial charge in [0.25, 0.3) is 5.91 Å². The molecule has 2 saturated heterocycles. The molecule has 2 unspecified atom stereocenters. The van der Waals surface area contributed by atoms with Crippen molar-refractivity contribution in [2.45, 2.75) is 19.3 Å². The van der Waals surface area contributed by atoms with Crippen molar-refractivity contribution < 1.29 is 4.79 Å². The predicted molar refractivity (Wildman–Crippen MR) is 114 cm³/mol. The first-order valence-electron chi connectivity index (χ1n) is 10.8. The van der Waals surface area contributed by atoms with Crippen molar-refractivity contribution in [3.8, 4) is 11.1 Å². The Hall–Kier alpha value is -2.47. The second-order valence-electron chi connectivity index (χ2n) is 8.76. The fourth-order valence-corrected chi connectivity index (χ4v) is 5.13. The van der Waals surface area contributed by atoms with Crippen LogP contribution in [-0.4, -0.2) is 72.0 Å². The number of carbonyl (C=O) groups is 1. The maximum absolute atomic E-state index is 13.2. The van der Waals surface area contributed by atoms with Crippen LogP contribution < -0.4 is 4.90 Å². The Balaban J connectivity index is 1.36. The van der Waals surface area contributed by atoms with E-state index in [1.165, 1.54) is 19.3 Å². The van der Waals surface area contributed by atoms with Gasteiger partial charge >= 0.3 is 0 Å². The van der Waals surface area contributed by atoms with Gasteiger partial charge in [0.1, 0.15) is 11.5 Å². The van der Waals surface area contributed by atoms with Crippen LogP contribution in [0.1, 0.15) is 29.8 Å². The van der Waals surface area contributed by atoms with E-state index >= 15 is 0 Å². The molecule has 2 aromatic rings. The number of hydrogen-bond donors (Lipinski definition) is 0. The topological polar surface area (TPSA) is 52.6 Å². The molecule has 1 amide bonds. The molecule has 3 aliphatic rings. The van der Waals surface area contributed by atoms with Gasteiger partial charge in [-0.2, -0.15) is 0 Å². The fraction of sp³-hybridized carbons (Fsp3) is 0.522. The molecule has 6 heteroatoms. The molecule has 29 heavy (non-hydrogen) atoms. The maximum atomic E-state index is 13.2. The first kappa shape index (κ1) is 18.6. The van der Waals surface area contributed by atoms with E-state index in [1.54, 1.807) is 6.20 Å². The Morgan fingerprint density at radius 3 is 2.45 bits per heavy atom. The van der Waals surface area contributed by atoms with Gasteiger partial charge in [-0.3, -0.25) is 9.78 Å². The van der Waals surface area contributed by atoms with Crippen molar-refractivity contribution in [3.05, 3.63) is 42.4 Å². The molecule has 0 bridgehead atoms. The summed E-state index contributed by atoms with van der Waals surface area (Å²) in [6.45, 7) is 5.89. The molecule has 6 nitrogen and oxygen atoms in total. The van der Waals surface area contributed by atoms with Gasteiger partial charge in [-0.15, -0.1) is 0 Å².